The molecule has 0 aromatic heterocycles. The molecule has 3 heteroatoms. The molecule has 1 aromatic carbocycles. The lowest BCUT2D eigenvalue weighted by molar-refractivity contribution is -0.144. The topological polar surface area (TPSA) is 49.3 Å². The fraction of sp³-hybridized carbons (Fsp3) is 0.533. The fourth-order valence-corrected chi connectivity index (χ4v) is 2.79. The number of carboxylic acids is 1. The molecule has 1 aromatic rings. The number of carbonyl (C=O) groups is 1. The van der Waals surface area contributed by atoms with Crippen LogP contribution in [0.15, 0.2) is 30.3 Å². The van der Waals surface area contributed by atoms with Crippen LogP contribution >= 0.6 is 0 Å². The van der Waals surface area contributed by atoms with Gasteiger partial charge >= 0.3 is 5.97 Å². The van der Waals surface area contributed by atoms with Gasteiger partial charge in [0.25, 0.3) is 0 Å². The summed E-state index contributed by atoms with van der Waals surface area (Å²) in [5.41, 5.74) is 0.425. The lowest BCUT2D eigenvalue weighted by Crippen LogP contribution is -2.49. The second-order valence-electron chi connectivity index (χ2n) is 5.24. The maximum absolute atomic E-state index is 11.5. The van der Waals surface area contributed by atoms with Crippen LogP contribution in [0.25, 0.3) is 0 Å². The quantitative estimate of drug-likeness (QED) is 0.841. The summed E-state index contributed by atoms with van der Waals surface area (Å²) in [7, 11) is 0. The number of benzene rings is 1. The van der Waals surface area contributed by atoms with Crippen LogP contribution in [0, 0.1) is 5.92 Å². The summed E-state index contributed by atoms with van der Waals surface area (Å²) in [6.45, 7) is 2.77. The van der Waals surface area contributed by atoms with Crippen LogP contribution < -0.4 is 5.32 Å². The normalized spacial score (nSPS) is 27.3. The van der Waals surface area contributed by atoms with Gasteiger partial charge in [-0.3, -0.25) is 10.1 Å². The molecule has 18 heavy (non-hydrogen) atoms. The maximum Gasteiger partial charge on any atom is 0.323 e. The molecule has 0 heterocycles. The van der Waals surface area contributed by atoms with Gasteiger partial charge < -0.3 is 5.11 Å². The molecule has 2 unspecified atom stereocenters. The van der Waals surface area contributed by atoms with E-state index in [4.69, 9.17) is 0 Å². The first kappa shape index (κ1) is 13.1. The van der Waals surface area contributed by atoms with Gasteiger partial charge in [-0.05, 0) is 30.7 Å². The monoisotopic (exact) mass is 247 g/mol. The molecule has 3 nitrogen and oxygen atoms in total. The van der Waals surface area contributed by atoms with Crippen LogP contribution in [0.1, 0.15) is 38.2 Å². The summed E-state index contributed by atoms with van der Waals surface area (Å²) >= 11 is 0. The Morgan fingerprint density at radius 3 is 2.72 bits per heavy atom. The van der Waals surface area contributed by atoms with E-state index >= 15 is 0 Å². The summed E-state index contributed by atoms with van der Waals surface area (Å²) in [6, 6.07) is 9.98. The molecule has 2 rings (SSSR count). The van der Waals surface area contributed by atoms with Gasteiger partial charge in [-0.2, -0.15) is 0 Å². The smallest absolute Gasteiger partial charge is 0.323 e. The van der Waals surface area contributed by atoms with Gasteiger partial charge in [0.1, 0.15) is 5.54 Å². The van der Waals surface area contributed by atoms with Gasteiger partial charge in [-0.25, -0.2) is 0 Å². The molecule has 0 saturated heterocycles. The molecule has 0 amide bonds. The first-order valence-corrected chi connectivity index (χ1v) is 6.68. The summed E-state index contributed by atoms with van der Waals surface area (Å²) < 4.78 is 0. The molecule has 1 aliphatic carbocycles. The Hall–Kier alpha value is -1.35. The van der Waals surface area contributed by atoms with E-state index in [1.54, 1.807) is 0 Å². The van der Waals surface area contributed by atoms with E-state index in [1.807, 2.05) is 30.3 Å². The van der Waals surface area contributed by atoms with E-state index in [0.717, 1.165) is 31.2 Å². The molecule has 98 valence electrons. The number of rotatable bonds is 5. The molecule has 2 atom stereocenters. The van der Waals surface area contributed by atoms with E-state index in [-0.39, 0.29) is 0 Å². The molecule has 0 radical (unpaired) electrons. The van der Waals surface area contributed by atoms with Crippen molar-refractivity contribution in [3.05, 3.63) is 35.9 Å². The Bertz CT molecular complexity index is 404. The first-order valence-electron chi connectivity index (χ1n) is 6.68. The zero-order chi connectivity index (χ0) is 13.0. The number of aliphatic carboxylic acids is 1. The average Bonchev–Trinajstić information content (AvgIpc) is 2.83. The third kappa shape index (κ3) is 2.72. The highest BCUT2D eigenvalue weighted by Gasteiger charge is 2.44. The van der Waals surface area contributed by atoms with Crippen molar-refractivity contribution in [3.8, 4) is 0 Å². The Balaban J connectivity index is 2.02. The van der Waals surface area contributed by atoms with Crippen molar-refractivity contribution in [1.29, 1.82) is 0 Å². The third-order valence-corrected chi connectivity index (χ3v) is 4.08. The zero-order valence-corrected chi connectivity index (χ0v) is 10.9. The van der Waals surface area contributed by atoms with E-state index < -0.39 is 11.5 Å². The Morgan fingerprint density at radius 2 is 2.17 bits per heavy atom. The Labute approximate surface area is 108 Å². The van der Waals surface area contributed by atoms with Gasteiger partial charge in [0.05, 0.1) is 0 Å². The molecule has 0 spiro atoms. The number of nitrogens with one attached hydrogen (secondary N) is 1. The molecule has 2 N–H and O–H groups in total. The SMILES string of the molecule is CCC1CCC(NCc2ccccc2)(C(=O)O)C1. The van der Waals surface area contributed by atoms with Crippen molar-refractivity contribution < 1.29 is 9.90 Å². The summed E-state index contributed by atoms with van der Waals surface area (Å²) in [4.78, 5) is 11.5. The molecular weight excluding hydrogens is 226 g/mol. The van der Waals surface area contributed by atoms with Gasteiger partial charge in [0.15, 0.2) is 0 Å². The number of hydrogen-bond acceptors (Lipinski definition) is 2. The zero-order valence-electron chi connectivity index (χ0n) is 10.9. The van der Waals surface area contributed by atoms with Crippen molar-refractivity contribution in [2.75, 3.05) is 0 Å². The van der Waals surface area contributed by atoms with Crippen LogP contribution in [0.2, 0.25) is 0 Å². The minimum Gasteiger partial charge on any atom is -0.480 e. The Morgan fingerprint density at radius 1 is 1.44 bits per heavy atom. The Kier molecular flexibility index (Phi) is 4.02. The number of hydrogen-bond donors (Lipinski definition) is 2. The lowest BCUT2D eigenvalue weighted by Gasteiger charge is -2.26. The summed E-state index contributed by atoms with van der Waals surface area (Å²) in [5.74, 6) is -0.154. The van der Waals surface area contributed by atoms with E-state index in [1.165, 1.54) is 0 Å². The maximum atomic E-state index is 11.5. The minimum atomic E-state index is -0.712. The van der Waals surface area contributed by atoms with Crippen molar-refractivity contribution in [2.24, 2.45) is 5.92 Å². The summed E-state index contributed by atoms with van der Waals surface area (Å²) in [5, 5.41) is 12.8. The fourth-order valence-electron chi connectivity index (χ4n) is 2.79. The van der Waals surface area contributed by atoms with Gasteiger partial charge in [-0.1, -0.05) is 43.7 Å². The summed E-state index contributed by atoms with van der Waals surface area (Å²) in [6.07, 6.45) is 3.59. The van der Waals surface area contributed by atoms with Crippen LogP contribution in [-0.4, -0.2) is 16.6 Å². The van der Waals surface area contributed by atoms with Crippen LogP contribution in [0.3, 0.4) is 0 Å². The van der Waals surface area contributed by atoms with Crippen LogP contribution in [0.5, 0.6) is 0 Å². The highest BCUT2D eigenvalue weighted by Crippen LogP contribution is 2.36. The second-order valence-corrected chi connectivity index (χ2v) is 5.24. The number of carboxylic acid groups (broad SMARTS) is 1. The van der Waals surface area contributed by atoms with E-state index in [2.05, 4.69) is 12.2 Å². The predicted octanol–water partition coefficient (Wildman–Crippen LogP) is 2.81. The predicted molar refractivity (Wildman–Crippen MR) is 71.3 cm³/mol. The minimum absolute atomic E-state index is 0.546. The molecule has 1 aliphatic rings. The van der Waals surface area contributed by atoms with Crippen molar-refractivity contribution >= 4 is 5.97 Å². The molecule has 0 aliphatic heterocycles. The van der Waals surface area contributed by atoms with E-state index in [0.29, 0.717) is 12.5 Å². The second kappa shape index (κ2) is 5.53. The molecule has 0 bridgehead atoms. The highest BCUT2D eigenvalue weighted by molar-refractivity contribution is 5.79. The van der Waals surface area contributed by atoms with Crippen LogP contribution in [-0.2, 0) is 11.3 Å². The van der Waals surface area contributed by atoms with Gasteiger partial charge in [-0.15, -0.1) is 0 Å². The van der Waals surface area contributed by atoms with Crippen molar-refractivity contribution in [2.45, 2.75) is 44.7 Å². The largest absolute Gasteiger partial charge is 0.480 e. The third-order valence-electron chi connectivity index (χ3n) is 4.08. The molecule has 1 fully saturated rings. The van der Waals surface area contributed by atoms with Gasteiger partial charge in [0.2, 0.25) is 0 Å². The first-order chi connectivity index (χ1) is 8.66. The van der Waals surface area contributed by atoms with Crippen molar-refractivity contribution in [1.82, 2.24) is 5.32 Å². The van der Waals surface area contributed by atoms with Crippen molar-refractivity contribution in [3.63, 3.8) is 0 Å². The lowest BCUT2D eigenvalue weighted by atomic mass is 9.94. The highest BCUT2D eigenvalue weighted by atomic mass is 16.4. The van der Waals surface area contributed by atoms with Crippen LogP contribution in [0.4, 0.5) is 0 Å². The molecular formula is C15H21NO2. The molecule has 1 saturated carbocycles. The standard InChI is InChI=1S/C15H21NO2/c1-2-12-8-9-15(10-12,14(17)18)16-11-13-6-4-3-5-7-13/h3-7,12,16H,2,8-11H2,1H3,(H,17,18). The average molecular weight is 247 g/mol. The van der Waals surface area contributed by atoms with E-state index in [9.17, 15) is 9.90 Å². The van der Waals surface area contributed by atoms with Gasteiger partial charge in [0, 0.05) is 6.54 Å².